The first-order valence-corrected chi connectivity index (χ1v) is 7.74. The summed E-state index contributed by atoms with van der Waals surface area (Å²) in [6.07, 6.45) is 0.429. The lowest BCUT2D eigenvalue weighted by Gasteiger charge is -2.30. The summed E-state index contributed by atoms with van der Waals surface area (Å²) in [6.45, 7) is 0.930. The van der Waals surface area contributed by atoms with Crippen LogP contribution in [-0.2, 0) is 0 Å². The lowest BCUT2D eigenvalue weighted by atomic mass is 10.0. The molecular weight excluding hydrogens is 294 g/mol. The molecule has 1 amide bonds. The van der Waals surface area contributed by atoms with Crippen LogP contribution in [0.2, 0.25) is 0 Å². The highest BCUT2D eigenvalue weighted by atomic mass is 16.4. The molecule has 0 atom stereocenters. The van der Waals surface area contributed by atoms with E-state index in [0.717, 1.165) is 21.8 Å². The summed E-state index contributed by atoms with van der Waals surface area (Å²) in [4.78, 5) is 27.8. The van der Waals surface area contributed by atoms with Gasteiger partial charge < -0.3 is 15.0 Å². The Morgan fingerprint density at radius 3 is 2.43 bits per heavy atom. The SMILES string of the molecule is O=C(O)N1CCC(n2c(=O)[nH]c3cc4ccccc4cc32)CC1. The van der Waals surface area contributed by atoms with E-state index in [2.05, 4.69) is 4.98 Å². The second kappa shape index (κ2) is 5.15. The number of benzene rings is 2. The van der Waals surface area contributed by atoms with Gasteiger partial charge in [-0.15, -0.1) is 0 Å². The Balaban J connectivity index is 1.78. The minimum absolute atomic E-state index is 0.0352. The van der Waals surface area contributed by atoms with Gasteiger partial charge in [0, 0.05) is 19.1 Å². The van der Waals surface area contributed by atoms with Crippen molar-refractivity contribution in [3.8, 4) is 0 Å². The lowest BCUT2D eigenvalue weighted by Crippen LogP contribution is -2.39. The molecule has 2 aromatic carbocycles. The van der Waals surface area contributed by atoms with Gasteiger partial charge in [-0.3, -0.25) is 4.57 Å². The van der Waals surface area contributed by atoms with Gasteiger partial charge in [-0.1, -0.05) is 24.3 Å². The average molecular weight is 311 g/mol. The number of hydrogen-bond donors (Lipinski definition) is 2. The molecule has 3 aromatic rings. The van der Waals surface area contributed by atoms with Gasteiger partial charge in [0.25, 0.3) is 0 Å². The van der Waals surface area contributed by atoms with Crippen molar-refractivity contribution in [1.82, 2.24) is 14.5 Å². The molecule has 4 rings (SSSR count). The predicted octanol–water partition coefficient (Wildman–Crippen LogP) is 2.80. The zero-order valence-corrected chi connectivity index (χ0v) is 12.5. The van der Waals surface area contributed by atoms with E-state index in [0.29, 0.717) is 25.9 Å². The summed E-state index contributed by atoms with van der Waals surface area (Å²) >= 11 is 0. The average Bonchev–Trinajstić information content (AvgIpc) is 2.87. The third kappa shape index (κ3) is 2.27. The normalized spacial score (nSPS) is 16.3. The fraction of sp³-hybridized carbons (Fsp3) is 0.294. The number of rotatable bonds is 1. The van der Waals surface area contributed by atoms with Crippen LogP contribution in [0, 0.1) is 0 Å². The van der Waals surface area contributed by atoms with Gasteiger partial charge in [0.1, 0.15) is 0 Å². The number of H-pyrrole nitrogens is 1. The van der Waals surface area contributed by atoms with Crippen molar-refractivity contribution in [2.24, 2.45) is 0 Å². The van der Waals surface area contributed by atoms with Gasteiger partial charge in [0.15, 0.2) is 0 Å². The molecule has 2 heterocycles. The molecule has 23 heavy (non-hydrogen) atoms. The number of amides is 1. The number of carbonyl (C=O) groups is 1. The first-order chi connectivity index (χ1) is 11.1. The fourth-order valence-electron chi connectivity index (χ4n) is 3.49. The summed E-state index contributed by atoms with van der Waals surface area (Å²) in [6, 6.07) is 12.1. The van der Waals surface area contributed by atoms with Crippen LogP contribution in [0.4, 0.5) is 4.79 Å². The topological polar surface area (TPSA) is 78.3 Å². The largest absolute Gasteiger partial charge is 0.465 e. The highest BCUT2D eigenvalue weighted by Gasteiger charge is 2.25. The van der Waals surface area contributed by atoms with E-state index in [1.165, 1.54) is 4.90 Å². The van der Waals surface area contributed by atoms with Gasteiger partial charge in [-0.2, -0.15) is 0 Å². The van der Waals surface area contributed by atoms with Crippen molar-refractivity contribution in [1.29, 1.82) is 0 Å². The Bertz CT molecular complexity index is 949. The molecule has 1 aromatic heterocycles. The molecule has 6 nitrogen and oxygen atoms in total. The van der Waals surface area contributed by atoms with Crippen molar-refractivity contribution >= 4 is 27.9 Å². The smallest absolute Gasteiger partial charge is 0.407 e. The van der Waals surface area contributed by atoms with Crippen LogP contribution in [0.1, 0.15) is 18.9 Å². The molecule has 1 fully saturated rings. The van der Waals surface area contributed by atoms with E-state index in [4.69, 9.17) is 5.11 Å². The molecule has 0 radical (unpaired) electrons. The quantitative estimate of drug-likeness (QED) is 0.725. The minimum Gasteiger partial charge on any atom is -0.465 e. The van der Waals surface area contributed by atoms with Crippen LogP contribution < -0.4 is 5.69 Å². The van der Waals surface area contributed by atoms with Gasteiger partial charge >= 0.3 is 11.8 Å². The number of imidazole rings is 1. The number of aromatic nitrogens is 2. The van der Waals surface area contributed by atoms with Crippen molar-refractivity contribution in [3.63, 3.8) is 0 Å². The molecule has 2 N–H and O–H groups in total. The Morgan fingerprint density at radius 1 is 1.13 bits per heavy atom. The number of fused-ring (bicyclic) bond motifs is 2. The van der Waals surface area contributed by atoms with Crippen LogP contribution >= 0.6 is 0 Å². The van der Waals surface area contributed by atoms with Gasteiger partial charge in [0.2, 0.25) is 0 Å². The molecular formula is C17H17N3O3. The molecule has 0 aliphatic carbocycles. The molecule has 1 aliphatic heterocycles. The molecule has 0 unspecified atom stereocenters. The molecule has 1 aliphatic rings. The van der Waals surface area contributed by atoms with Crippen LogP contribution in [0.25, 0.3) is 21.8 Å². The first kappa shape index (κ1) is 13.9. The van der Waals surface area contributed by atoms with Crippen molar-refractivity contribution in [2.75, 3.05) is 13.1 Å². The third-order valence-corrected chi connectivity index (χ3v) is 4.68. The van der Waals surface area contributed by atoms with Crippen LogP contribution in [0.5, 0.6) is 0 Å². The number of nitrogens with one attached hydrogen (secondary N) is 1. The Hall–Kier alpha value is -2.76. The summed E-state index contributed by atoms with van der Waals surface area (Å²) < 4.78 is 1.79. The number of likely N-dealkylation sites (tertiary alicyclic amines) is 1. The van der Waals surface area contributed by atoms with Gasteiger partial charge in [0.05, 0.1) is 11.0 Å². The van der Waals surface area contributed by atoms with Crippen LogP contribution in [0.15, 0.2) is 41.2 Å². The third-order valence-electron chi connectivity index (χ3n) is 4.68. The zero-order valence-electron chi connectivity index (χ0n) is 12.5. The Labute approximate surface area is 131 Å². The van der Waals surface area contributed by atoms with Crippen molar-refractivity contribution in [3.05, 3.63) is 46.9 Å². The maximum absolute atomic E-state index is 12.4. The standard InChI is InChI=1S/C17H17N3O3/c21-16-18-14-9-11-3-1-2-4-12(11)10-15(14)20(16)13-5-7-19(8-6-13)17(22)23/h1-4,9-10,13H,5-8H2,(H,18,21)(H,22,23). The number of piperidine rings is 1. The number of hydrogen-bond acceptors (Lipinski definition) is 2. The van der Waals surface area contributed by atoms with E-state index >= 15 is 0 Å². The van der Waals surface area contributed by atoms with E-state index in [1.54, 1.807) is 4.57 Å². The summed E-state index contributed by atoms with van der Waals surface area (Å²) in [5, 5.41) is 11.2. The van der Waals surface area contributed by atoms with Crippen LogP contribution in [0.3, 0.4) is 0 Å². The van der Waals surface area contributed by atoms with Crippen molar-refractivity contribution in [2.45, 2.75) is 18.9 Å². The van der Waals surface area contributed by atoms with Gasteiger partial charge in [-0.05, 0) is 35.7 Å². The molecule has 0 bridgehead atoms. The molecule has 6 heteroatoms. The van der Waals surface area contributed by atoms with E-state index in [-0.39, 0.29) is 11.7 Å². The van der Waals surface area contributed by atoms with E-state index in [1.807, 2.05) is 36.4 Å². The maximum atomic E-state index is 12.4. The molecule has 1 saturated heterocycles. The summed E-state index contributed by atoms with van der Waals surface area (Å²) in [5.74, 6) is 0. The molecule has 118 valence electrons. The Morgan fingerprint density at radius 2 is 1.78 bits per heavy atom. The number of aromatic amines is 1. The highest BCUT2D eigenvalue weighted by Crippen LogP contribution is 2.27. The number of carboxylic acid groups (broad SMARTS) is 1. The van der Waals surface area contributed by atoms with Crippen LogP contribution in [-0.4, -0.2) is 38.7 Å². The first-order valence-electron chi connectivity index (χ1n) is 7.74. The number of nitrogens with zero attached hydrogens (tertiary/aromatic N) is 2. The predicted molar refractivity (Wildman–Crippen MR) is 87.9 cm³/mol. The second-order valence-electron chi connectivity index (χ2n) is 6.02. The minimum atomic E-state index is -0.888. The fourth-order valence-corrected chi connectivity index (χ4v) is 3.49. The Kier molecular flexibility index (Phi) is 3.11. The van der Waals surface area contributed by atoms with Crippen molar-refractivity contribution < 1.29 is 9.90 Å². The monoisotopic (exact) mass is 311 g/mol. The zero-order chi connectivity index (χ0) is 16.0. The molecule has 0 saturated carbocycles. The van der Waals surface area contributed by atoms with E-state index in [9.17, 15) is 9.59 Å². The highest BCUT2D eigenvalue weighted by molar-refractivity contribution is 5.95. The molecule has 0 spiro atoms. The summed E-state index contributed by atoms with van der Waals surface area (Å²) in [5.41, 5.74) is 1.60. The second-order valence-corrected chi connectivity index (χ2v) is 6.02. The van der Waals surface area contributed by atoms with Gasteiger partial charge in [-0.25, -0.2) is 9.59 Å². The maximum Gasteiger partial charge on any atom is 0.407 e. The van der Waals surface area contributed by atoms with E-state index < -0.39 is 6.09 Å². The lowest BCUT2D eigenvalue weighted by molar-refractivity contribution is 0.125. The summed E-state index contributed by atoms with van der Waals surface area (Å²) in [7, 11) is 0.